The van der Waals surface area contributed by atoms with Gasteiger partial charge in [-0.3, -0.25) is 14.9 Å². The Balaban J connectivity index is 1.67. The maximum atomic E-state index is 12.1. The zero-order chi connectivity index (χ0) is 16.2. The summed E-state index contributed by atoms with van der Waals surface area (Å²) in [5, 5.41) is 13.5. The van der Waals surface area contributed by atoms with Gasteiger partial charge in [-0.15, -0.1) is 0 Å². The summed E-state index contributed by atoms with van der Waals surface area (Å²) in [6, 6.07) is 11.0. The molecule has 1 aliphatic rings. The van der Waals surface area contributed by atoms with E-state index >= 15 is 0 Å². The van der Waals surface area contributed by atoms with Crippen molar-refractivity contribution >= 4 is 11.6 Å². The van der Waals surface area contributed by atoms with Gasteiger partial charge in [0.15, 0.2) is 11.5 Å². The Bertz CT molecular complexity index is 760. The number of fused-ring (bicyclic) bond motifs is 1. The van der Waals surface area contributed by atoms with Crippen LogP contribution in [0.5, 0.6) is 11.5 Å². The second-order valence-electron chi connectivity index (χ2n) is 4.97. The lowest BCUT2D eigenvalue weighted by atomic mass is 10.1. The Hall–Kier alpha value is -3.09. The van der Waals surface area contributed by atoms with Crippen molar-refractivity contribution in [3.8, 4) is 11.5 Å². The van der Waals surface area contributed by atoms with Gasteiger partial charge in [0.25, 0.3) is 11.6 Å². The number of hydrogen-bond acceptors (Lipinski definition) is 5. The van der Waals surface area contributed by atoms with E-state index in [0.29, 0.717) is 24.7 Å². The monoisotopic (exact) mass is 314 g/mol. The van der Waals surface area contributed by atoms with Crippen LogP contribution < -0.4 is 14.8 Å². The zero-order valence-corrected chi connectivity index (χ0v) is 12.2. The number of carbonyl (C=O) groups excluding carboxylic acids is 1. The molecule has 0 aliphatic carbocycles. The number of benzene rings is 2. The van der Waals surface area contributed by atoms with Crippen LogP contribution in [0, 0.1) is 10.1 Å². The first kappa shape index (κ1) is 14.8. The molecule has 3 rings (SSSR count). The fourth-order valence-corrected chi connectivity index (χ4v) is 2.24. The minimum atomic E-state index is -0.530. The van der Waals surface area contributed by atoms with Crippen molar-refractivity contribution in [1.82, 2.24) is 5.32 Å². The van der Waals surface area contributed by atoms with Crippen molar-refractivity contribution in [2.45, 2.75) is 6.54 Å². The van der Waals surface area contributed by atoms with Crippen LogP contribution in [0.2, 0.25) is 0 Å². The molecule has 0 spiro atoms. The van der Waals surface area contributed by atoms with E-state index in [4.69, 9.17) is 9.47 Å². The standard InChI is InChI=1S/C16H14N2O5/c19-16(12-2-1-3-13(9-12)18(20)21)17-10-11-4-5-14-15(8-11)23-7-6-22-14/h1-5,8-9H,6-7,10H2,(H,17,19). The number of nitro groups is 1. The molecular weight excluding hydrogens is 300 g/mol. The number of amides is 1. The molecule has 1 N–H and O–H groups in total. The molecule has 118 valence electrons. The molecule has 0 unspecified atom stereocenters. The molecule has 1 heterocycles. The molecule has 0 radical (unpaired) electrons. The van der Waals surface area contributed by atoms with Crippen LogP contribution in [-0.4, -0.2) is 24.0 Å². The maximum absolute atomic E-state index is 12.1. The van der Waals surface area contributed by atoms with Gasteiger partial charge < -0.3 is 14.8 Å². The summed E-state index contributed by atoms with van der Waals surface area (Å²) < 4.78 is 10.9. The number of rotatable bonds is 4. The summed E-state index contributed by atoms with van der Waals surface area (Å²) in [6.45, 7) is 1.31. The molecule has 0 saturated carbocycles. The van der Waals surface area contributed by atoms with Gasteiger partial charge in [-0.1, -0.05) is 12.1 Å². The molecule has 7 nitrogen and oxygen atoms in total. The summed E-state index contributed by atoms with van der Waals surface area (Å²) in [7, 11) is 0. The highest BCUT2D eigenvalue weighted by molar-refractivity contribution is 5.94. The predicted octanol–water partition coefficient (Wildman–Crippen LogP) is 2.30. The largest absolute Gasteiger partial charge is 0.486 e. The summed E-state index contributed by atoms with van der Waals surface area (Å²) in [4.78, 5) is 22.3. The third-order valence-electron chi connectivity index (χ3n) is 3.38. The minimum Gasteiger partial charge on any atom is -0.486 e. The lowest BCUT2D eigenvalue weighted by molar-refractivity contribution is -0.384. The van der Waals surface area contributed by atoms with Gasteiger partial charge in [-0.2, -0.15) is 0 Å². The van der Waals surface area contributed by atoms with Crippen LogP contribution in [0.25, 0.3) is 0 Å². The number of carbonyl (C=O) groups is 1. The smallest absolute Gasteiger partial charge is 0.270 e. The Morgan fingerprint density at radius 1 is 1.13 bits per heavy atom. The van der Waals surface area contributed by atoms with E-state index in [-0.39, 0.29) is 23.7 Å². The lowest BCUT2D eigenvalue weighted by Crippen LogP contribution is -2.23. The van der Waals surface area contributed by atoms with Crippen LogP contribution in [0.15, 0.2) is 42.5 Å². The van der Waals surface area contributed by atoms with Gasteiger partial charge in [-0.05, 0) is 23.8 Å². The van der Waals surface area contributed by atoms with Crippen LogP contribution in [0.4, 0.5) is 5.69 Å². The summed E-state index contributed by atoms with van der Waals surface area (Å²) in [5.74, 6) is 0.965. The third-order valence-corrected chi connectivity index (χ3v) is 3.38. The molecule has 23 heavy (non-hydrogen) atoms. The van der Waals surface area contributed by atoms with Crippen molar-refractivity contribution in [2.75, 3.05) is 13.2 Å². The first-order valence-electron chi connectivity index (χ1n) is 7.04. The molecule has 2 aromatic carbocycles. The van der Waals surface area contributed by atoms with Crippen LogP contribution >= 0.6 is 0 Å². The van der Waals surface area contributed by atoms with E-state index in [1.807, 2.05) is 12.1 Å². The number of nitrogens with zero attached hydrogens (tertiary/aromatic N) is 1. The van der Waals surface area contributed by atoms with Gasteiger partial charge >= 0.3 is 0 Å². The summed E-state index contributed by atoms with van der Waals surface area (Å²) >= 11 is 0. The quantitative estimate of drug-likeness (QED) is 0.690. The topological polar surface area (TPSA) is 90.7 Å². The highest BCUT2D eigenvalue weighted by Crippen LogP contribution is 2.30. The van der Waals surface area contributed by atoms with Crippen LogP contribution in [-0.2, 0) is 6.54 Å². The van der Waals surface area contributed by atoms with Gasteiger partial charge in [0, 0.05) is 24.2 Å². The Kier molecular flexibility index (Phi) is 4.09. The Morgan fingerprint density at radius 2 is 1.91 bits per heavy atom. The van der Waals surface area contributed by atoms with Gasteiger partial charge in [0.2, 0.25) is 0 Å². The Morgan fingerprint density at radius 3 is 2.70 bits per heavy atom. The number of non-ortho nitro benzene ring substituents is 1. The number of hydrogen-bond donors (Lipinski definition) is 1. The first-order valence-corrected chi connectivity index (χ1v) is 7.04. The molecule has 7 heteroatoms. The molecule has 0 bridgehead atoms. The van der Waals surface area contributed by atoms with Crippen molar-refractivity contribution in [2.24, 2.45) is 0 Å². The van der Waals surface area contributed by atoms with Crippen molar-refractivity contribution < 1.29 is 19.2 Å². The van der Waals surface area contributed by atoms with Crippen molar-refractivity contribution in [1.29, 1.82) is 0 Å². The van der Waals surface area contributed by atoms with E-state index < -0.39 is 4.92 Å². The fourth-order valence-electron chi connectivity index (χ4n) is 2.24. The highest BCUT2D eigenvalue weighted by atomic mass is 16.6. The third kappa shape index (κ3) is 3.39. The number of nitrogens with one attached hydrogen (secondary N) is 1. The molecule has 1 aliphatic heterocycles. The molecule has 1 amide bonds. The van der Waals surface area contributed by atoms with E-state index in [1.54, 1.807) is 6.07 Å². The van der Waals surface area contributed by atoms with E-state index in [1.165, 1.54) is 24.3 Å². The minimum absolute atomic E-state index is 0.114. The second-order valence-corrected chi connectivity index (χ2v) is 4.97. The predicted molar refractivity (Wildman–Crippen MR) is 81.7 cm³/mol. The van der Waals surface area contributed by atoms with E-state index in [0.717, 1.165) is 5.56 Å². The van der Waals surface area contributed by atoms with Crippen molar-refractivity contribution in [3.05, 3.63) is 63.7 Å². The molecule has 0 saturated heterocycles. The Labute approximate surface area is 132 Å². The summed E-state index contributed by atoms with van der Waals surface area (Å²) in [6.07, 6.45) is 0. The SMILES string of the molecule is O=C(NCc1ccc2c(c1)OCCO2)c1cccc([N+](=O)[O-])c1. The fraction of sp³-hybridized carbons (Fsp3) is 0.188. The number of nitro benzene ring substituents is 1. The molecular formula is C16H14N2O5. The molecule has 2 aromatic rings. The van der Waals surface area contributed by atoms with Gasteiger partial charge in [0.1, 0.15) is 13.2 Å². The van der Waals surface area contributed by atoms with Crippen LogP contribution in [0.3, 0.4) is 0 Å². The van der Waals surface area contributed by atoms with Gasteiger partial charge in [-0.25, -0.2) is 0 Å². The van der Waals surface area contributed by atoms with Crippen molar-refractivity contribution in [3.63, 3.8) is 0 Å². The summed E-state index contributed by atoms with van der Waals surface area (Å²) in [5.41, 5.74) is 0.988. The van der Waals surface area contributed by atoms with Gasteiger partial charge in [0.05, 0.1) is 4.92 Å². The average Bonchev–Trinajstić information content (AvgIpc) is 2.59. The molecule has 0 fully saturated rings. The molecule has 0 atom stereocenters. The second kappa shape index (κ2) is 6.35. The van der Waals surface area contributed by atoms with Crippen LogP contribution in [0.1, 0.15) is 15.9 Å². The maximum Gasteiger partial charge on any atom is 0.270 e. The van der Waals surface area contributed by atoms with E-state index in [2.05, 4.69) is 5.32 Å². The number of ether oxygens (including phenoxy) is 2. The zero-order valence-electron chi connectivity index (χ0n) is 12.2. The molecule has 0 aromatic heterocycles. The first-order chi connectivity index (χ1) is 11.1. The normalized spacial score (nSPS) is 12.5. The van der Waals surface area contributed by atoms with E-state index in [9.17, 15) is 14.9 Å². The lowest BCUT2D eigenvalue weighted by Gasteiger charge is -2.19. The highest BCUT2D eigenvalue weighted by Gasteiger charge is 2.13. The average molecular weight is 314 g/mol.